The predicted molar refractivity (Wildman–Crippen MR) is 106 cm³/mol. The van der Waals surface area contributed by atoms with E-state index in [2.05, 4.69) is 12.1 Å². The Morgan fingerprint density at radius 1 is 0.852 bits per heavy atom. The number of amides is 2. The van der Waals surface area contributed by atoms with Crippen LogP contribution in [-0.2, 0) is 10.3 Å². The van der Waals surface area contributed by atoms with E-state index in [0.717, 1.165) is 16.7 Å². The lowest BCUT2D eigenvalue weighted by molar-refractivity contribution is 0.00460. The Morgan fingerprint density at radius 2 is 1.37 bits per heavy atom. The second-order valence-corrected chi connectivity index (χ2v) is 7.37. The lowest BCUT2D eigenvalue weighted by Gasteiger charge is -2.35. The summed E-state index contributed by atoms with van der Waals surface area (Å²) >= 11 is 5.48. The Labute approximate surface area is 164 Å². The fraction of sp³-hybridized carbons (Fsp3) is 0.333. The minimum Gasteiger partial charge on any atom is -0.438 e. The van der Waals surface area contributed by atoms with Gasteiger partial charge in [-0.15, -0.1) is 0 Å². The summed E-state index contributed by atoms with van der Waals surface area (Å²) < 4.78 is 5.76. The lowest BCUT2D eigenvalue weighted by Crippen LogP contribution is -2.50. The van der Waals surface area contributed by atoms with E-state index in [0.29, 0.717) is 26.2 Å². The maximum absolute atomic E-state index is 12.5. The zero-order chi connectivity index (χ0) is 19.4. The molecule has 0 atom stereocenters. The molecule has 0 aliphatic carbocycles. The van der Waals surface area contributed by atoms with Crippen molar-refractivity contribution in [2.75, 3.05) is 26.2 Å². The van der Waals surface area contributed by atoms with Gasteiger partial charge in [0.25, 0.3) is 0 Å². The molecular formula is C21H23ClN2O3. The van der Waals surface area contributed by atoms with Gasteiger partial charge in [-0.3, -0.25) is 4.79 Å². The van der Waals surface area contributed by atoms with E-state index < -0.39 is 11.0 Å². The molecule has 2 aromatic rings. The highest BCUT2D eigenvalue weighted by molar-refractivity contribution is 6.62. The van der Waals surface area contributed by atoms with Gasteiger partial charge in [0.1, 0.15) is 5.60 Å². The van der Waals surface area contributed by atoms with Gasteiger partial charge in [-0.2, -0.15) is 0 Å². The van der Waals surface area contributed by atoms with Gasteiger partial charge in [-0.1, -0.05) is 54.6 Å². The smallest absolute Gasteiger partial charge is 0.410 e. The minimum absolute atomic E-state index is 0.381. The predicted octanol–water partition coefficient (Wildman–Crippen LogP) is 4.70. The Balaban J connectivity index is 1.64. The van der Waals surface area contributed by atoms with Crippen molar-refractivity contribution in [3.63, 3.8) is 0 Å². The van der Waals surface area contributed by atoms with Gasteiger partial charge in [0.05, 0.1) is 0 Å². The second kappa shape index (κ2) is 8.01. The zero-order valence-electron chi connectivity index (χ0n) is 15.5. The highest BCUT2D eigenvalue weighted by Gasteiger charge is 2.30. The molecule has 1 aliphatic heterocycles. The summed E-state index contributed by atoms with van der Waals surface area (Å²) in [5.41, 5.74) is 2.42. The summed E-state index contributed by atoms with van der Waals surface area (Å²) in [5, 5.41) is -0.484. The molecule has 0 unspecified atom stereocenters. The first-order valence-electron chi connectivity index (χ1n) is 8.95. The number of carbonyl (C=O) groups is 2. The molecule has 0 N–H and O–H groups in total. The van der Waals surface area contributed by atoms with Gasteiger partial charge in [0.2, 0.25) is 0 Å². The van der Waals surface area contributed by atoms with Crippen molar-refractivity contribution in [2.45, 2.75) is 19.4 Å². The van der Waals surface area contributed by atoms with Gasteiger partial charge >= 0.3 is 11.5 Å². The quantitative estimate of drug-likeness (QED) is 0.567. The molecule has 0 radical (unpaired) electrons. The Kier molecular flexibility index (Phi) is 5.71. The summed E-state index contributed by atoms with van der Waals surface area (Å²) in [5.74, 6) is 0. The number of carbonyl (C=O) groups excluding carboxylic acids is 2. The Bertz CT molecular complexity index is 798. The van der Waals surface area contributed by atoms with Crippen LogP contribution in [0.25, 0.3) is 11.1 Å². The molecule has 0 bridgehead atoms. The zero-order valence-corrected chi connectivity index (χ0v) is 16.3. The molecular weight excluding hydrogens is 364 g/mol. The van der Waals surface area contributed by atoms with Crippen molar-refractivity contribution in [3.05, 3.63) is 60.2 Å². The standard InChI is InChI=1S/C21H23ClN2O3/c1-21(2,27-20(26)24-14-12-23(13-15-24)19(22)25)18-10-8-17(9-11-18)16-6-4-3-5-7-16/h3-11H,12-15H2,1-2H3. The van der Waals surface area contributed by atoms with Crippen LogP contribution in [0.15, 0.2) is 54.6 Å². The molecule has 1 saturated heterocycles. The van der Waals surface area contributed by atoms with E-state index in [1.54, 1.807) is 4.90 Å². The molecule has 1 aliphatic rings. The number of ether oxygens (including phenoxy) is 1. The third-order valence-corrected chi connectivity index (χ3v) is 5.06. The average Bonchev–Trinajstić information content (AvgIpc) is 2.68. The summed E-state index contributed by atoms with van der Waals surface area (Å²) in [6.45, 7) is 5.43. The summed E-state index contributed by atoms with van der Waals surface area (Å²) in [7, 11) is 0. The topological polar surface area (TPSA) is 49.9 Å². The SMILES string of the molecule is CC(C)(OC(=O)N1CCN(C(=O)Cl)CC1)c1ccc(-c2ccccc2)cc1. The third kappa shape index (κ3) is 4.61. The monoisotopic (exact) mass is 386 g/mol. The van der Waals surface area contributed by atoms with Gasteiger partial charge in [0.15, 0.2) is 0 Å². The van der Waals surface area contributed by atoms with Gasteiger partial charge in [-0.25, -0.2) is 4.79 Å². The molecule has 2 amide bonds. The van der Waals surface area contributed by atoms with Crippen LogP contribution in [0.2, 0.25) is 0 Å². The Hall–Kier alpha value is -2.53. The number of hydrogen-bond acceptors (Lipinski definition) is 3. The van der Waals surface area contributed by atoms with Crippen LogP contribution in [-0.4, -0.2) is 47.4 Å². The van der Waals surface area contributed by atoms with Crippen molar-refractivity contribution >= 4 is 23.1 Å². The fourth-order valence-electron chi connectivity index (χ4n) is 3.10. The number of piperazine rings is 1. The molecule has 142 valence electrons. The fourth-order valence-corrected chi connectivity index (χ4v) is 3.27. The molecule has 1 fully saturated rings. The molecule has 5 nitrogen and oxygen atoms in total. The summed E-state index contributed by atoms with van der Waals surface area (Å²) in [4.78, 5) is 26.8. The first-order chi connectivity index (χ1) is 12.9. The maximum Gasteiger partial charge on any atom is 0.410 e. The van der Waals surface area contributed by atoms with E-state index in [1.165, 1.54) is 4.90 Å². The molecule has 3 rings (SSSR count). The molecule has 6 heteroatoms. The molecule has 1 heterocycles. The van der Waals surface area contributed by atoms with Gasteiger partial charge in [-0.05, 0) is 42.1 Å². The van der Waals surface area contributed by atoms with Crippen molar-refractivity contribution in [1.82, 2.24) is 9.80 Å². The minimum atomic E-state index is -0.758. The first-order valence-corrected chi connectivity index (χ1v) is 9.33. The molecule has 0 saturated carbocycles. The van der Waals surface area contributed by atoms with Crippen molar-refractivity contribution in [3.8, 4) is 11.1 Å². The van der Waals surface area contributed by atoms with Crippen LogP contribution in [0.1, 0.15) is 19.4 Å². The normalized spacial score (nSPS) is 14.8. The van der Waals surface area contributed by atoms with Gasteiger partial charge < -0.3 is 14.5 Å². The first kappa shape index (κ1) is 19.2. The van der Waals surface area contributed by atoms with Crippen molar-refractivity contribution in [2.24, 2.45) is 0 Å². The highest BCUT2D eigenvalue weighted by atomic mass is 35.5. The van der Waals surface area contributed by atoms with Crippen LogP contribution < -0.4 is 0 Å². The van der Waals surface area contributed by atoms with Crippen molar-refractivity contribution in [1.29, 1.82) is 0 Å². The van der Waals surface area contributed by atoms with Crippen molar-refractivity contribution < 1.29 is 14.3 Å². The van der Waals surface area contributed by atoms with Crippen LogP contribution in [0, 0.1) is 0 Å². The summed E-state index contributed by atoms with van der Waals surface area (Å²) in [6.07, 6.45) is -0.381. The number of benzene rings is 2. The molecule has 2 aromatic carbocycles. The number of halogens is 1. The van der Waals surface area contributed by atoms with Crippen LogP contribution in [0.4, 0.5) is 9.59 Å². The number of rotatable bonds is 3. The van der Waals surface area contributed by atoms with E-state index in [-0.39, 0.29) is 6.09 Å². The van der Waals surface area contributed by atoms with Crippen LogP contribution in [0.3, 0.4) is 0 Å². The molecule has 0 spiro atoms. The van der Waals surface area contributed by atoms with Gasteiger partial charge in [0, 0.05) is 26.2 Å². The lowest BCUT2D eigenvalue weighted by atomic mass is 9.95. The van der Waals surface area contributed by atoms with Crippen LogP contribution in [0.5, 0.6) is 0 Å². The molecule has 27 heavy (non-hydrogen) atoms. The van der Waals surface area contributed by atoms with E-state index in [4.69, 9.17) is 16.3 Å². The maximum atomic E-state index is 12.5. The second-order valence-electron chi connectivity index (χ2n) is 7.05. The highest BCUT2D eigenvalue weighted by Crippen LogP contribution is 2.28. The molecule has 0 aromatic heterocycles. The number of hydrogen-bond donors (Lipinski definition) is 0. The average molecular weight is 387 g/mol. The van der Waals surface area contributed by atoms with E-state index in [9.17, 15) is 9.59 Å². The van der Waals surface area contributed by atoms with E-state index >= 15 is 0 Å². The Morgan fingerprint density at radius 3 is 1.93 bits per heavy atom. The van der Waals surface area contributed by atoms with E-state index in [1.807, 2.05) is 56.3 Å². The van der Waals surface area contributed by atoms with Crippen LogP contribution >= 0.6 is 11.6 Å². The third-order valence-electron chi connectivity index (χ3n) is 4.82. The summed E-state index contributed by atoms with van der Waals surface area (Å²) in [6, 6.07) is 18.2. The largest absolute Gasteiger partial charge is 0.438 e. The number of nitrogens with zero attached hydrogens (tertiary/aromatic N) is 2.